The van der Waals surface area contributed by atoms with E-state index in [0.29, 0.717) is 12.5 Å². The maximum Gasteiger partial charge on any atom is 0.157 e. The number of hydrogen-bond donors (Lipinski definition) is 0. The molecule has 2 fully saturated rings. The third-order valence-electron chi connectivity index (χ3n) is 10.6. The number of nitrogens with zero attached hydrogens (tertiary/aromatic N) is 1. The van der Waals surface area contributed by atoms with Crippen LogP contribution in [0.15, 0.2) is 54.1 Å². The smallest absolute Gasteiger partial charge is 0.157 e. The average Bonchev–Trinajstić information content (AvgIpc) is 3.36. The van der Waals surface area contributed by atoms with Crippen LogP contribution in [0.1, 0.15) is 94.2 Å². The van der Waals surface area contributed by atoms with Crippen molar-refractivity contribution in [3.05, 3.63) is 70.8 Å². The molecule has 1 heterocycles. The molecule has 2 aromatic carbocycles. The summed E-state index contributed by atoms with van der Waals surface area (Å²) < 4.78 is 24.3. The van der Waals surface area contributed by atoms with Crippen LogP contribution in [0.4, 0.5) is 0 Å². The molecule has 224 valence electrons. The lowest BCUT2D eigenvalue weighted by Gasteiger charge is -2.53. The molecule has 5 heteroatoms. The van der Waals surface area contributed by atoms with Crippen molar-refractivity contribution in [2.24, 2.45) is 16.7 Å². The zero-order valence-corrected chi connectivity index (χ0v) is 25.5. The molecule has 2 unspecified atom stereocenters. The fourth-order valence-electron chi connectivity index (χ4n) is 8.61. The largest absolute Gasteiger partial charge is 0.497 e. The highest BCUT2D eigenvalue weighted by Crippen LogP contribution is 2.67. The van der Waals surface area contributed by atoms with E-state index in [1.54, 1.807) is 7.11 Å². The van der Waals surface area contributed by atoms with E-state index in [1.165, 1.54) is 34.3 Å². The minimum atomic E-state index is -0.464. The van der Waals surface area contributed by atoms with E-state index in [0.717, 1.165) is 89.6 Å². The zero-order chi connectivity index (χ0) is 29.0. The summed E-state index contributed by atoms with van der Waals surface area (Å²) >= 11 is 0. The van der Waals surface area contributed by atoms with Crippen molar-refractivity contribution >= 4 is 5.57 Å². The summed E-state index contributed by atoms with van der Waals surface area (Å²) in [5.41, 5.74) is 6.13. The Hall–Kier alpha value is -2.65. The normalized spacial score (nSPS) is 30.3. The molecule has 6 rings (SSSR count). The highest BCUT2D eigenvalue weighted by Gasteiger charge is 2.62. The van der Waals surface area contributed by atoms with Gasteiger partial charge in [0.15, 0.2) is 6.29 Å². The molecule has 1 saturated heterocycles. The first kappa shape index (κ1) is 29.4. The Balaban J connectivity index is 1.23. The fourth-order valence-corrected chi connectivity index (χ4v) is 8.61. The molecule has 3 aliphatic carbocycles. The second kappa shape index (κ2) is 12.9. The molecule has 42 heavy (non-hydrogen) atoms. The van der Waals surface area contributed by atoms with E-state index >= 15 is 0 Å². The Morgan fingerprint density at radius 1 is 1.02 bits per heavy atom. The molecule has 0 bridgehead atoms. The number of benzene rings is 2. The fraction of sp³-hybridized carbons (Fsp3) is 0.595. The minimum absolute atomic E-state index is 0.0574. The van der Waals surface area contributed by atoms with Crippen LogP contribution in [0.2, 0.25) is 0 Å². The standard InChI is InChI=1S/C37H47NO4/c1-36-24-29(13-7-4-9-21-40-25-27-11-5-3-6-12-27)35-31-16-15-30(39-2)23-28(31)19-20-37(35,26-38)32(36)17-18-33(36)42-34-14-8-10-22-41-34/h3,5-6,11-12,15-16,23,32-34H,4,7-10,13-14,17-22,24-25H2,1-2H3/t32-,33+,34?,36+,37?/m1/s1. The van der Waals surface area contributed by atoms with E-state index in [4.69, 9.17) is 18.9 Å². The summed E-state index contributed by atoms with van der Waals surface area (Å²) in [4.78, 5) is 0. The van der Waals surface area contributed by atoms with Gasteiger partial charge in [0.25, 0.3) is 0 Å². The van der Waals surface area contributed by atoms with Crippen LogP contribution in [0, 0.1) is 28.1 Å². The first-order valence-electron chi connectivity index (χ1n) is 16.3. The van der Waals surface area contributed by atoms with Gasteiger partial charge in [0.05, 0.1) is 31.3 Å². The van der Waals surface area contributed by atoms with Crippen molar-refractivity contribution in [1.82, 2.24) is 0 Å². The van der Waals surface area contributed by atoms with Crippen LogP contribution in [-0.4, -0.2) is 32.7 Å². The van der Waals surface area contributed by atoms with Crippen LogP contribution in [0.5, 0.6) is 5.75 Å². The minimum Gasteiger partial charge on any atom is -0.497 e. The molecule has 0 spiro atoms. The van der Waals surface area contributed by atoms with Crippen molar-refractivity contribution in [3.8, 4) is 11.8 Å². The quantitative estimate of drug-likeness (QED) is 0.254. The van der Waals surface area contributed by atoms with Gasteiger partial charge in [0, 0.05) is 18.6 Å². The summed E-state index contributed by atoms with van der Waals surface area (Å²) in [6.07, 6.45) is 12.5. The highest BCUT2D eigenvalue weighted by atomic mass is 16.7. The molecular weight excluding hydrogens is 522 g/mol. The van der Waals surface area contributed by atoms with E-state index < -0.39 is 5.41 Å². The number of ether oxygens (including phenoxy) is 4. The van der Waals surface area contributed by atoms with Gasteiger partial charge in [0.1, 0.15) is 5.75 Å². The molecule has 0 radical (unpaired) electrons. The van der Waals surface area contributed by atoms with Crippen molar-refractivity contribution in [2.75, 3.05) is 20.3 Å². The molecule has 1 aliphatic heterocycles. The molecular formula is C37H47NO4. The summed E-state index contributed by atoms with van der Waals surface area (Å²) in [5.74, 6) is 1.20. The van der Waals surface area contributed by atoms with E-state index in [1.807, 2.05) is 6.07 Å². The Labute approximate surface area is 252 Å². The number of fused-ring (bicyclic) bond motifs is 5. The van der Waals surface area contributed by atoms with Gasteiger partial charge in [-0.1, -0.05) is 55.3 Å². The lowest BCUT2D eigenvalue weighted by Crippen LogP contribution is -2.49. The Kier molecular flexibility index (Phi) is 9.05. The third kappa shape index (κ3) is 5.66. The molecule has 1 saturated carbocycles. The molecule has 2 aromatic rings. The van der Waals surface area contributed by atoms with E-state index in [9.17, 15) is 5.26 Å². The predicted molar refractivity (Wildman–Crippen MR) is 165 cm³/mol. The predicted octanol–water partition coefficient (Wildman–Crippen LogP) is 8.41. The van der Waals surface area contributed by atoms with Crippen LogP contribution in [-0.2, 0) is 27.2 Å². The highest BCUT2D eigenvalue weighted by molar-refractivity contribution is 5.81. The maximum atomic E-state index is 11.1. The number of nitriles is 1. The van der Waals surface area contributed by atoms with Crippen LogP contribution in [0.25, 0.3) is 5.57 Å². The molecule has 0 N–H and O–H groups in total. The van der Waals surface area contributed by atoms with Crippen LogP contribution < -0.4 is 4.74 Å². The molecule has 4 aliphatic rings. The number of allylic oxidation sites excluding steroid dienone is 2. The number of rotatable bonds is 11. The summed E-state index contributed by atoms with van der Waals surface area (Å²) in [5, 5.41) is 11.1. The van der Waals surface area contributed by atoms with Gasteiger partial charge in [-0.05, 0) is 111 Å². The summed E-state index contributed by atoms with van der Waals surface area (Å²) in [6, 6.07) is 19.9. The first-order valence-corrected chi connectivity index (χ1v) is 16.3. The molecule has 5 atom stereocenters. The summed E-state index contributed by atoms with van der Waals surface area (Å²) in [6.45, 7) is 4.68. The monoisotopic (exact) mass is 569 g/mol. The molecule has 5 nitrogen and oxygen atoms in total. The average molecular weight is 570 g/mol. The van der Waals surface area contributed by atoms with Crippen molar-refractivity contribution in [2.45, 2.75) is 103 Å². The van der Waals surface area contributed by atoms with Gasteiger partial charge < -0.3 is 18.9 Å². The lowest BCUT2D eigenvalue weighted by molar-refractivity contribution is -0.210. The Morgan fingerprint density at radius 3 is 2.69 bits per heavy atom. The second-order valence-corrected chi connectivity index (χ2v) is 13.2. The SMILES string of the molecule is COc1ccc2c(c1)CCC1(C#N)C2=C(CCCCCOCc2ccccc2)C[C@]2(C)[C@@H](OC3CCCCO3)CC[C@@H]12. The van der Waals surface area contributed by atoms with Crippen LogP contribution >= 0.6 is 0 Å². The van der Waals surface area contributed by atoms with Gasteiger partial charge in [-0.25, -0.2) is 0 Å². The number of unbranched alkanes of at least 4 members (excludes halogenated alkanes) is 2. The van der Waals surface area contributed by atoms with Crippen molar-refractivity contribution in [3.63, 3.8) is 0 Å². The zero-order valence-electron chi connectivity index (χ0n) is 25.5. The van der Waals surface area contributed by atoms with Gasteiger partial charge in [-0.15, -0.1) is 0 Å². The van der Waals surface area contributed by atoms with Gasteiger partial charge in [-0.2, -0.15) is 5.26 Å². The number of methoxy groups -OCH3 is 1. The van der Waals surface area contributed by atoms with Gasteiger partial charge in [-0.3, -0.25) is 0 Å². The van der Waals surface area contributed by atoms with Crippen LogP contribution in [0.3, 0.4) is 0 Å². The Bertz CT molecular complexity index is 1290. The van der Waals surface area contributed by atoms with Crippen molar-refractivity contribution in [1.29, 1.82) is 5.26 Å². The lowest BCUT2D eigenvalue weighted by atomic mass is 9.50. The second-order valence-electron chi connectivity index (χ2n) is 13.2. The van der Waals surface area contributed by atoms with Crippen molar-refractivity contribution < 1.29 is 18.9 Å². The Morgan fingerprint density at radius 2 is 1.90 bits per heavy atom. The summed E-state index contributed by atoms with van der Waals surface area (Å²) in [7, 11) is 1.74. The first-order chi connectivity index (χ1) is 20.6. The molecule has 0 amide bonds. The number of hydrogen-bond acceptors (Lipinski definition) is 5. The van der Waals surface area contributed by atoms with Gasteiger partial charge >= 0.3 is 0 Å². The maximum absolute atomic E-state index is 11.1. The van der Waals surface area contributed by atoms with E-state index in [-0.39, 0.29) is 17.8 Å². The van der Waals surface area contributed by atoms with Gasteiger partial charge in [0.2, 0.25) is 0 Å². The number of aryl methyl sites for hydroxylation is 1. The molecule has 0 aromatic heterocycles. The van der Waals surface area contributed by atoms with E-state index in [2.05, 4.69) is 55.5 Å². The third-order valence-corrected chi connectivity index (χ3v) is 10.6. The topological polar surface area (TPSA) is 60.7 Å².